The van der Waals surface area contributed by atoms with E-state index in [1.54, 1.807) is 13.2 Å². The van der Waals surface area contributed by atoms with Gasteiger partial charge in [-0.25, -0.2) is 0 Å². The third-order valence-corrected chi connectivity index (χ3v) is 3.17. The number of ether oxygens (including phenoxy) is 1. The Hall–Kier alpha value is -2.17. The lowest BCUT2D eigenvalue weighted by Gasteiger charge is -2.08. The fourth-order valence-electron chi connectivity index (χ4n) is 2.18. The monoisotopic (exact) mass is 284 g/mol. The highest BCUT2D eigenvalue weighted by Crippen LogP contribution is 2.08. The van der Waals surface area contributed by atoms with E-state index in [0.29, 0.717) is 18.7 Å². The molecule has 4 nitrogen and oxygen atoms in total. The number of nitrogens with one attached hydrogen (secondary N) is 1. The van der Waals surface area contributed by atoms with Gasteiger partial charge in [0.1, 0.15) is 0 Å². The highest BCUT2D eigenvalue weighted by molar-refractivity contribution is 5.92. The second-order valence-corrected chi connectivity index (χ2v) is 4.92. The van der Waals surface area contributed by atoms with Gasteiger partial charge in [0.25, 0.3) is 0 Å². The fourth-order valence-corrected chi connectivity index (χ4v) is 2.18. The molecule has 0 atom stereocenters. The molecule has 0 aromatic heterocycles. The van der Waals surface area contributed by atoms with E-state index in [2.05, 4.69) is 17.4 Å². The largest absolute Gasteiger partial charge is 0.380 e. The molecule has 0 heterocycles. The summed E-state index contributed by atoms with van der Waals surface area (Å²) in [5.41, 5.74) is 9.22. The summed E-state index contributed by atoms with van der Waals surface area (Å²) >= 11 is 0. The minimum absolute atomic E-state index is 0.399. The molecule has 0 aliphatic heterocycles. The summed E-state index contributed by atoms with van der Waals surface area (Å²) in [6.45, 7) is 2.07. The fraction of sp³-hybridized carbons (Fsp3) is 0.235. The van der Waals surface area contributed by atoms with Crippen molar-refractivity contribution in [2.45, 2.75) is 19.7 Å². The lowest BCUT2D eigenvalue weighted by atomic mass is 10.1. The van der Waals surface area contributed by atoms with Gasteiger partial charge < -0.3 is 15.8 Å². The quantitative estimate of drug-likeness (QED) is 0.819. The summed E-state index contributed by atoms with van der Waals surface area (Å²) in [5.74, 6) is -0.399. The molecule has 2 rings (SSSR count). The van der Waals surface area contributed by atoms with Gasteiger partial charge in [0.2, 0.25) is 5.91 Å². The molecule has 0 unspecified atom stereocenters. The SMILES string of the molecule is COCc1cccc(CNCc2cccc(C(N)=O)c2)c1. The van der Waals surface area contributed by atoms with E-state index in [9.17, 15) is 4.79 Å². The molecule has 0 saturated carbocycles. The van der Waals surface area contributed by atoms with Crippen LogP contribution in [0.15, 0.2) is 48.5 Å². The molecular weight excluding hydrogens is 264 g/mol. The summed E-state index contributed by atoms with van der Waals surface area (Å²) in [6, 6.07) is 15.6. The second kappa shape index (κ2) is 7.57. The van der Waals surface area contributed by atoms with E-state index in [-0.39, 0.29) is 0 Å². The summed E-state index contributed by atoms with van der Waals surface area (Å²) < 4.78 is 5.13. The maximum atomic E-state index is 11.1. The predicted octanol–water partition coefficient (Wildman–Crippen LogP) is 2.22. The van der Waals surface area contributed by atoms with Crippen LogP contribution in [0, 0.1) is 0 Å². The molecule has 0 radical (unpaired) electrons. The van der Waals surface area contributed by atoms with E-state index in [1.165, 1.54) is 5.56 Å². The topological polar surface area (TPSA) is 64.3 Å². The second-order valence-electron chi connectivity index (χ2n) is 4.92. The van der Waals surface area contributed by atoms with Gasteiger partial charge in [0.05, 0.1) is 6.61 Å². The van der Waals surface area contributed by atoms with E-state index in [0.717, 1.165) is 17.7 Å². The van der Waals surface area contributed by atoms with E-state index in [1.807, 2.05) is 30.3 Å². The summed E-state index contributed by atoms with van der Waals surface area (Å²) in [4.78, 5) is 11.1. The minimum Gasteiger partial charge on any atom is -0.380 e. The van der Waals surface area contributed by atoms with Crippen LogP contribution in [0.2, 0.25) is 0 Å². The molecule has 0 saturated heterocycles. The normalized spacial score (nSPS) is 10.5. The minimum atomic E-state index is -0.399. The van der Waals surface area contributed by atoms with Crippen molar-refractivity contribution in [3.8, 4) is 0 Å². The molecule has 0 aliphatic carbocycles. The summed E-state index contributed by atoms with van der Waals surface area (Å²) in [7, 11) is 1.69. The van der Waals surface area contributed by atoms with Gasteiger partial charge in [-0.1, -0.05) is 36.4 Å². The maximum Gasteiger partial charge on any atom is 0.248 e. The van der Waals surface area contributed by atoms with Crippen molar-refractivity contribution in [3.63, 3.8) is 0 Å². The number of hydrogen-bond donors (Lipinski definition) is 2. The molecule has 1 amide bonds. The number of nitrogens with two attached hydrogens (primary N) is 1. The molecule has 110 valence electrons. The van der Waals surface area contributed by atoms with Crippen molar-refractivity contribution in [2.24, 2.45) is 5.73 Å². The number of amides is 1. The van der Waals surface area contributed by atoms with Crippen LogP contribution in [0.1, 0.15) is 27.0 Å². The van der Waals surface area contributed by atoms with Crippen molar-refractivity contribution in [2.75, 3.05) is 7.11 Å². The third-order valence-electron chi connectivity index (χ3n) is 3.17. The summed E-state index contributed by atoms with van der Waals surface area (Å²) in [5, 5.41) is 3.36. The Balaban J connectivity index is 1.90. The zero-order chi connectivity index (χ0) is 15.1. The third kappa shape index (κ3) is 4.70. The Kier molecular flexibility index (Phi) is 5.49. The standard InChI is InChI=1S/C17H20N2O2/c1-21-12-15-6-2-4-13(8-15)10-19-11-14-5-3-7-16(9-14)17(18)20/h2-9,19H,10-12H2,1H3,(H2,18,20). The van der Waals surface area contributed by atoms with E-state index in [4.69, 9.17) is 10.5 Å². The van der Waals surface area contributed by atoms with Crippen LogP contribution >= 0.6 is 0 Å². The first-order valence-corrected chi connectivity index (χ1v) is 6.85. The zero-order valence-corrected chi connectivity index (χ0v) is 12.1. The van der Waals surface area contributed by atoms with Crippen LogP contribution in [0.3, 0.4) is 0 Å². The molecule has 2 aromatic rings. The maximum absolute atomic E-state index is 11.1. The molecular formula is C17H20N2O2. The van der Waals surface area contributed by atoms with Gasteiger partial charge in [-0.15, -0.1) is 0 Å². The van der Waals surface area contributed by atoms with Crippen molar-refractivity contribution >= 4 is 5.91 Å². The molecule has 2 aromatic carbocycles. The van der Waals surface area contributed by atoms with Gasteiger partial charge in [0, 0.05) is 25.8 Å². The van der Waals surface area contributed by atoms with Gasteiger partial charge in [0.15, 0.2) is 0 Å². The smallest absolute Gasteiger partial charge is 0.248 e. The molecule has 0 fully saturated rings. The van der Waals surface area contributed by atoms with Gasteiger partial charge in [-0.2, -0.15) is 0 Å². The van der Waals surface area contributed by atoms with Crippen LogP contribution in [0.4, 0.5) is 0 Å². The number of methoxy groups -OCH3 is 1. The number of hydrogen-bond acceptors (Lipinski definition) is 3. The number of carbonyl (C=O) groups excluding carboxylic acids is 1. The van der Waals surface area contributed by atoms with Crippen molar-refractivity contribution < 1.29 is 9.53 Å². The van der Waals surface area contributed by atoms with Crippen LogP contribution in [-0.4, -0.2) is 13.0 Å². The Labute approximate surface area is 124 Å². The molecule has 0 bridgehead atoms. The Morgan fingerprint density at radius 1 is 1.05 bits per heavy atom. The molecule has 3 N–H and O–H groups in total. The zero-order valence-electron chi connectivity index (χ0n) is 12.1. The highest BCUT2D eigenvalue weighted by Gasteiger charge is 2.01. The number of benzene rings is 2. The lowest BCUT2D eigenvalue weighted by molar-refractivity contribution is 0.1000. The molecule has 0 spiro atoms. The lowest BCUT2D eigenvalue weighted by Crippen LogP contribution is -2.15. The van der Waals surface area contributed by atoms with E-state index >= 15 is 0 Å². The van der Waals surface area contributed by atoms with Gasteiger partial charge in [-0.3, -0.25) is 4.79 Å². The average Bonchev–Trinajstić information content (AvgIpc) is 2.48. The Morgan fingerprint density at radius 3 is 2.33 bits per heavy atom. The molecule has 21 heavy (non-hydrogen) atoms. The number of carbonyl (C=O) groups is 1. The molecule has 0 aliphatic rings. The first-order valence-electron chi connectivity index (χ1n) is 6.85. The predicted molar refractivity (Wildman–Crippen MR) is 82.7 cm³/mol. The first-order chi connectivity index (χ1) is 10.2. The highest BCUT2D eigenvalue weighted by atomic mass is 16.5. The van der Waals surface area contributed by atoms with Crippen molar-refractivity contribution in [1.82, 2.24) is 5.32 Å². The number of primary amides is 1. The van der Waals surface area contributed by atoms with E-state index < -0.39 is 5.91 Å². The van der Waals surface area contributed by atoms with Crippen LogP contribution in [0.5, 0.6) is 0 Å². The Bertz CT molecular complexity index is 611. The van der Waals surface area contributed by atoms with Crippen LogP contribution in [-0.2, 0) is 24.4 Å². The number of rotatable bonds is 7. The average molecular weight is 284 g/mol. The van der Waals surface area contributed by atoms with Gasteiger partial charge in [-0.05, 0) is 28.8 Å². The van der Waals surface area contributed by atoms with Crippen molar-refractivity contribution in [3.05, 3.63) is 70.8 Å². The van der Waals surface area contributed by atoms with Gasteiger partial charge >= 0.3 is 0 Å². The van der Waals surface area contributed by atoms with Crippen LogP contribution in [0.25, 0.3) is 0 Å². The first kappa shape index (κ1) is 15.2. The Morgan fingerprint density at radius 2 is 1.67 bits per heavy atom. The molecule has 4 heteroatoms. The van der Waals surface area contributed by atoms with Crippen LogP contribution < -0.4 is 11.1 Å². The van der Waals surface area contributed by atoms with Crippen molar-refractivity contribution in [1.29, 1.82) is 0 Å². The summed E-state index contributed by atoms with van der Waals surface area (Å²) in [6.07, 6.45) is 0.